The number of fused-ring (bicyclic) bond motifs is 1. The van der Waals surface area contributed by atoms with Crippen molar-refractivity contribution in [1.29, 1.82) is 0 Å². The van der Waals surface area contributed by atoms with Crippen LogP contribution in [0.2, 0.25) is 0 Å². The molecular formula is C23H16F3N3O3. The van der Waals surface area contributed by atoms with Crippen LogP contribution in [-0.4, -0.2) is 15.4 Å². The summed E-state index contributed by atoms with van der Waals surface area (Å²) in [6.45, 7) is 0. The smallest absolute Gasteiger partial charge is 0.340 e. The summed E-state index contributed by atoms with van der Waals surface area (Å²) in [5, 5.41) is 13.8. The van der Waals surface area contributed by atoms with E-state index < -0.39 is 22.6 Å². The maximum absolute atomic E-state index is 14.0. The minimum absolute atomic E-state index is 0.0523. The number of rotatable bonds is 4. The summed E-state index contributed by atoms with van der Waals surface area (Å²) in [4.78, 5) is 23.4. The molecule has 0 fully saturated rings. The maximum Gasteiger partial charge on any atom is 0.419 e. The van der Waals surface area contributed by atoms with E-state index in [1.807, 2.05) is 0 Å². The van der Waals surface area contributed by atoms with Gasteiger partial charge in [-0.3, -0.25) is 14.9 Å². The second kappa shape index (κ2) is 7.84. The third-order valence-electron chi connectivity index (χ3n) is 5.15. The molecular weight excluding hydrogens is 423 g/mol. The molecule has 162 valence electrons. The van der Waals surface area contributed by atoms with E-state index >= 15 is 0 Å². The van der Waals surface area contributed by atoms with E-state index in [1.54, 1.807) is 37.4 Å². The summed E-state index contributed by atoms with van der Waals surface area (Å²) < 4.78 is 43.5. The second-order valence-corrected chi connectivity index (χ2v) is 7.13. The molecule has 32 heavy (non-hydrogen) atoms. The van der Waals surface area contributed by atoms with Gasteiger partial charge < -0.3 is 9.88 Å². The van der Waals surface area contributed by atoms with Gasteiger partial charge in [-0.1, -0.05) is 42.5 Å². The number of alkyl halides is 3. The second-order valence-electron chi connectivity index (χ2n) is 7.13. The molecule has 0 unspecified atom stereocenters. The Morgan fingerprint density at radius 3 is 2.38 bits per heavy atom. The van der Waals surface area contributed by atoms with Crippen LogP contribution in [0.1, 0.15) is 16.1 Å². The molecule has 4 rings (SSSR count). The molecule has 0 saturated heterocycles. The highest BCUT2D eigenvalue weighted by atomic mass is 19.4. The number of hydrogen-bond acceptors (Lipinski definition) is 3. The van der Waals surface area contributed by atoms with E-state index in [9.17, 15) is 28.1 Å². The predicted molar refractivity (Wildman–Crippen MR) is 114 cm³/mol. The minimum Gasteiger partial charge on any atom is -0.340 e. The summed E-state index contributed by atoms with van der Waals surface area (Å²) >= 11 is 0. The molecule has 0 aliphatic heterocycles. The van der Waals surface area contributed by atoms with Crippen LogP contribution in [0.4, 0.5) is 24.5 Å². The van der Waals surface area contributed by atoms with Crippen molar-refractivity contribution < 1.29 is 22.9 Å². The number of non-ortho nitro benzene ring substituents is 1. The van der Waals surface area contributed by atoms with E-state index in [4.69, 9.17) is 0 Å². The average Bonchev–Trinajstić information content (AvgIpc) is 3.09. The molecule has 0 aliphatic rings. The first kappa shape index (κ1) is 21.1. The molecule has 1 amide bonds. The quantitative estimate of drug-likeness (QED) is 0.312. The van der Waals surface area contributed by atoms with Crippen molar-refractivity contribution >= 4 is 28.2 Å². The van der Waals surface area contributed by atoms with Gasteiger partial charge in [0.15, 0.2) is 0 Å². The number of aryl methyl sites for hydroxylation is 1. The standard InChI is InChI=1S/C23H16F3N3O3/c1-28-19-11-10-16(29(31)32)12-15(19)13-20(28)22(30)27-18-9-5-8-17(21(18)23(24,25)26)14-6-3-2-4-7-14/h2-13H,1H3,(H,27,30). The SMILES string of the molecule is Cn1c(C(=O)Nc2cccc(-c3ccccc3)c2C(F)(F)F)cc2cc([N+](=O)[O-])ccc21. The highest BCUT2D eigenvalue weighted by Gasteiger charge is 2.37. The average molecular weight is 439 g/mol. The Labute approximate surface area is 180 Å². The Bertz CT molecular complexity index is 1350. The first-order chi connectivity index (χ1) is 15.2. The van der Waals surface area contributed by atoms with Crippen LogP contribution in [-0.2, 0) is 13.2 Å². The van der Waals surface area contributed by atoms with Crippen molar-refractivity contribution in [3.63, 3.8) is 0 Å². The molecule has 0 atom stereocenters. The number of nitro groups is 1. The van der Waals surface area contributed by atoms with E-state index in [1.165, 1.54) is 47.0 Å². The Morgan fingerprint density at radius 2 is 1.72 bits per heavy atom. The molecule has 3 aromatic carbocycles. The van der Waals surface area contributed by atoms with Crippen LogP contribution in [0.5, 0.6) is 0 Å². The van der Waals surface area contributed by atoms with Crippen LogP contribution in [0.15, 0.2) is 72.8 Å². The molecule has 9 heteroatoms. The molecule has 0 radical (unpaired) electrons. The molecule has 1 N–H and O–H groups in total. The van der Waals surface area contributed by atoms with Gasteiger partial charge in [-0.2, -0.15) is 13.2 Å². The van der Waals surface area contributed by atoms with Crippen molar-refractivity contribution in [2.75, 3.05) is 5.32 Å². The van der Waals surface area contributed by atoms with Crippen LogP contribution < -0.4 is 5.32 Å². The summed E-state index contributed by atoms with van der Waals surface area (Å²) in [7, 11) is 1.56. The van der Waals surface area contributed by atoms with Gasteiger partial charge in [-0.15, -0.1) is 0 Å². The van der Waals surface area contributed by atoms with Gasteiger partial charge in [0, 0.05) is 30.1 Å². The number of anilines is 1. The molecule has 0 aliphatic carbocycles. The molecule has 0 saturated carbocycles. The van der Waals surface area contributed by atoms with Crippen LogP contribution in [0.3, 0.4) is 0 Å². The first-order valence-electron chi connectivity index (χ1n) is 9.47. The van der Waals surface area contributed by atoms with Crippen LogP contribution >= 0.6 is 0 Å². The fourth-order valence-corrected chi connectivity index (χ4v) is 3.67. The van der Waals surface area contributed by atoms with Crippen molar-refractivity contribution in [1.82, 2.24) is 4.57 Å². The van der Waals surface area contributed by atoms with Gasteiger partial charge in [0.05, 0.1) is 16.2 Å². The van der Waals surface area contributed by atoms with Crippen molar-refractivity contribution in [2.24, 2.45) is 7.05 Å². The fraction of sp³-hybridized carbons (Fsp3) is 0.0870. The van der Waals surface area contributed by atoms with Gasteiger partial charge >= 0.3 is 6.18 Å². The van der Waals surface area contributed by atoms with Gasteiger partial charge in [-0.05, 0) is 29.3 Å². The maximum atomic E-state index is 14.0. The monoisotopic (exact) mass is 439 g/mol. The Kier molecular flexibility index (Phi) is 5.17. The van der Waals surface area contributed by atoms with Crippen LogP contribution in [0, 0.1) is 10.1 Å². The van der Waals surface area contributed by atoms with Gasteiger partial charge in [0.1, 0.15) is 5.69 Å². The van der Waals surface area contributed by atoms with E-state index in [-0.39, 0.29) is 22.6 Å². The number of aromatic nitrogens is 1. The predicted octanol–water partition coefficient (Wildman–Crippen LogP) is 6.02. The zero-order chi connectivity index (χ0) is 23.0. The normalized spacial score (nSPS) is 11.5. The molecule has 1 aromatic heterocycles. The largest absolute Gasteiger partial charge is 0.419 e. The number of nitro benzene ring substituents is 1. The lowest BCUT2D eigenvalue weighted by Crippen LogP contribution is -2.19. The number of carbonyl (C=O) groups is 1. The molecule has 0 spiro atoms. The highest BCUT2D eigenvalue weighted by molar-refractivity contribution is 6.07. The van der Waals surface area contributed by atoms with Gasteiger partial charge in [0.2, 0.25) is 0 Å². The van der Waals surface area contributed by atoms with Gasteiger partial charge in [0.25, 0.3) is 11.6 Å². The van der Waals surface area contributed by atoms with Crippen molar-refractivity contribution in [3.05, 3.63) is 94.2 Å². The Hall–Kier alpha value is -4.14. The lowest BCUT2D eigenvalue weighted by atomic mass is 9.97. The number of halogens is 3. The lowest BCUT2D eigenvalue weighted by molar-refractivity contribution is -0.384. The van der Waals surface area contributed by atoms with Gasteiger partial charge in [-0.25, -0.2) is 0 Å². The number of amides is 1. The molecule has 6 nitrogen and oxygen atoms in total. The third-order valence-corrected chi connectivity index (χ3v) is 5.15. The zero-order valence-corrected chi connectivity index (χ0v) is 16.7. The van der Waals surface area contributed by atoms with E-state index in [0.717, 1.165) is 0 Å². The number of benzene rings is 3. The summed E-state index contributed by atoms with van der Waals surface area (Å²) in [6.07, 6.45) is -4.71. The van der Waals surface area contributed by atoms with Crippen LogP contribution in [0.25, 0.3) is 22.0 Å². The fourth-order valence-electron chi connectivity index (χ4n) is 3.67. The Morgan fingerprint density at radius 1 is 1.00 bits per heavy atom. The number of hydrogen-bond donors (Lipinski definition) is 1. The zero-order valence-electron chi connectivity index (χ0n) is 16.7. The minimum atomic E-state index is -4.71. The topological polar surface area (TPSA) is 77.2 Å². The number of nitrogens with one attached hydrogen (secondary N) is 1. The van der Waals surface area contributed by atoms with E-state index in [2.05, 4.69) is 5.32 Å². The molecule has 4 aromatic rings. The summed E-state index contributed by atoms with van der Waals surface area (Å²) in [5.41, 5.74) is -0.552. The first-order valence-corrected chi connectivity index (χ1v) is 9.47. The van der Waals surface area contributed by atoms with Crippen molar-refractivity contribution in [3.8, 4) is 11.1 Å². The lowest BCUT2D eigenvalue weighted by Gasteiger charge is -2.18. The molecule has 0 bridgehead atoms. The number of carbonyl (C=O) groups excluding carboxylic acids is 1. The summed E-state index contributed by atoms with van der Waals surface area (Å²) in [6, 6.07) is 17.6. The number of nitrogens with zero attached hydrogens (tertiary/aromatic N) is 2. The van der Waals surface area contributed by atoms with E-state index in [0.29, 0.717) is 16.5 Å². The highest BCUT2D eigenvalue weighted by Crippen LogP contribution is 2.42. The third kappa shape index (κ3) is 3.80. The molecule has 1 heterocycles. The summed E-state index contributed by atoms with van der Waals surface area (Å²) in [5.74, 6) is -0.762. The Balaban J connectivity index is 1.77. The van der Waals surface area contributed by atoms with Crippen molar-refractivity contribution in [2.45, 2.75) is 6.18 Å².